The molecule has 1 heterocycles. The molecule has 0 bridgehead atoms. The molecule has 1 aliphatic rings. The normalized spacial score (nSPS) is 20.9. The molecule has 0 radical (unpaired) electrons. The van der Waals surface area contributed by atoms with Gasteiger partial charge in [0.25, 0.3) is 0 Å². The lowest BCUT2D eigenvalue weighted by atomic mass is 10.1. The van der Waals surface area contributed by atoms with Gasteiger partial charge in [0.1, 0.15) is 5.75 Å². The van der Waals surface area contributed by atoms with E-state index in [1.165, 1.54) is 5.56 Å². The molecule has 1 fully saturated rings. The topological polar surface area (TPSA) is 32.7 Å². The third-order valence-corrected chi connectivity index (χ3v) is 3.36. The predicted octanol–water partition coefficient (Wildman–Crippen LogP) is 2.22. The standard InChI is InChI=1S/C15H23NO2/c1-13-5-2-7-15(11-13)18-10-4-9-16-8-3-6-14(17)12-16/h2,5,7,11,14,17H,3-4,6,8-10,12H2,1H3/t14-/m0/s1. The molecule has 0 aromatic heterocycles. The minimum absolute atomic E-state index is 0.128. The number of aliphatic hydroxyl groups excluding tert-OH is 1. The van der Waals surface area contributed by atoms with E-state index in [4.69, 9.17) is 4.74 Å². The van der Waals surface area contributed by atoms with Crippen molar-refractivity contribution in [2.45, 2.75) is 32.3 Å². The maximum Gasteiger partial charge on any atom is 0.119 e. The summed E-state index contributed by atoms with van der Waals surface area (Å²) < 4.78 is 5.72. The van der Waals surface area contributed by atoms with Gasteiger partial charge in [-0.2, -0.15) is 0 Å². The first-order valence-electron chi connectivity index (χ1n) is 6.84. The summed E-state index contributed by atoms with van der Waals surface area (Å²) in [5.41, 5.74) is 1.23. The van der Waals surface area contributed by atoms with Crippen molar-refractivity contribution >= 4 is 0 Å². The van der Waals surface area contributed by atoms with Crippen LogP contribution in [0.1, 0.15) is 24.8 Å². The molecule has 18 heavy (non-hydrogen) atoms. The molecule has 1 N–H and O–H groups in total. The van der Waals surface area contributed by atoms with E-state index >= 15 is 0 Å². The molecule has 1 saturated heterocycles. The van der Waals surface area contributed by atoms with Crippen molar-refractivity contribution in [3.63, 3.8) is 0 Å². The van der Waals surface area contributed by atoms with E-state index in [1.54, 1.807) is 0 Å². The highest BCUT2D eigenvalue weighted by Crippen LogP contribution is 2.13. The molecular formula is C15H23NO2. The average molecular weight is 249 g/mol. The molecule has 0 spiro atoms. The molecule has 1 aromatic carbocycles. The minimum Gasteiger partial charge on any atom is -0.494 e. The molecule has 1 atom stereocenters. The number of likely N-dealkylation sites (tertiary alicyclic amines) is 1. The first kappa shape index (κ1) is 13.4. The number of benzene rings is 1. The van der Waals surface area contributed by atoms with E-state index in [9.17, 15) is 5.11 Å². The van der Waals surface area contributed by atoms with Gasteiger partial charge in [0.05, 0.1) is 12.7 Å². The van der Waals surface area contributed by atoms with Crippen LogP contribution in [0.25, 0.3) is 0 Å². The summed E-state index contributed by atoms with van der Waals surface area (Å²) in [4.78, 5) is 2.33. The highest BCUT2D eigenvalue weighted by Gasteiger charge is 2.16. The number of rotatable bonds is 5. The Kier molecular flexibility index (Phi) is 5.02. The van der Waals surface area contributed by atoms with Crippen molar-refractivity contribution in [3.05, 3.63) is 29.8 Å². The van der Waals surface area contributed by atoms with Crippen LogP contribution in [0.3, 0.4) is 0 Å². The third kappa shape index (κ3) is 4.31. The molecule has 1 aliphatic heterocycles. The van der Waals surface area contributed by atoms with E-state index in [-0.39, 0.29) is 6.10 Å². The average Bonchev–Trinajstić information content (AvgIpc) is 2.35. The lowest BCUT2D eigenvalue weighted by Gasteiger charge is -2.29. The van der Waals surface area contributed by atoms with Crippen LogP contribution in [0.2, 0.25) is 0 Å². The lowest BCUT2D eigenvalue weighted by molar-refractivity contribution is 0.0679. The second-order valence-corrected chi connectivity index (χ2v) is 5.12. The fraction of sp³-hybridized carbons (Fsp3) is 0.600. The van der Waals surface area contributed by atoms with E-state index in [0.717, 1.165) is 51.3 Å². The Bertz CT molecular complexity index is 367. The number of aryl methyl sites for hydroxylation is 1. The molecule has 3 nitrogen and oxygen atoms in total. The molecule has 100 valence electrons. The molecule has 3 heteroatoms. The van der Waals surface area contributed by atoms with Crippen molar-refractivity contribution < 1.29 is 9.84 Å². The number of aliphatic hydroxyl groups is 1. The number of nitrogens with zero attached hydrogens (tertiary/aromatic N) is 1. The predicted molar refractivity (Wildman–Crippen MR) is 73.0 cm³/mol. The molecule has 1 aromatic rings. The van der Waals surface area contributed by atoms with Gasteiger partial charge >= 0.3 is 0 Å². The van der Waals surface area contributed by atoms with Gasteiger partial charge in [0.15, 0.2) is 0 Å². The van der Waals surface area contributed by atoms with Crippen LogP contribution in [0.4, 0.5) is 0 Å². The van der Waals surface area contributed by atoms with E-state index in [2.05, 4.69) is 24.0 Å². The van der Waals surface area contributed by atoms with E-state index in [1.807, 2.05) is 12.1 Å². The lowest BCUT2D eigenvalue weighted by Crippen LogP contribution is -2.39. The Morgan fingerprint density at radius 3 is 3.11 bits per heavy atom. The van der Waals surface area contributed by atoms with E-state index in [0.29, 0.717) is 0 Å². The number of piperidine rings is 1. The van der Waals surface area contributed by atoms with Crippen LogP contribution in [0.5, 0.6) is 5.75 Å². The fourth-order valence-electron chi connectivity index (χ4n) is 2.42. The summed E-state index contributed by atoms with van der Waals surface area (Å²) in [7, 11) is 0. The van der Waals surface area contributed by atoms with Crippen molar-refractivity contribution in [2.75, 3.05) is 26.2 Å². The smallest absolute Gasteiger partial charge is 0.119 e. The molecular weight excluding hydrogens is 226 g/mol. The van der Waals surface area contributed by atoms with Gasteiger partial charge in [-0.05, 0) is 50.4 Å². The van der Waals surface area contributed by atoms with Gasteiger partial charge < -0.3 is 14.7 Å². The number of hydrogen-bond donors (Lipinski definition) is 1. The Hall–Kier alpha value is -1.06. The van der Waals surface area contributed by atoms with Crippen molar-refractivity contribution in [3.8, 4) is 5.75 Å². The number of β-amino-alcohol motifs (C(OH)–C–C–N with tert-alkyl or cyclic N) is 1. The zero-order valence-corrected chi connectivity index (χ0v) is 11.1. The van der Waals surface area contributed by atoms with Gasteiger partial charge in [-0.15, -0.1) is 0 Å². The molecule has 0 aliphatic carbocycles. The van der Waals surface area contributed by atoms with Gasteiger partial charge in [0.2, 0.25) is 0 Å². The largest absolute Gasteiger partial charge is 0.494 e. The second-order valence-electron chi connectivity index (χ2n) is 5.12. The van der Waals surface area contributed by atoms with Crippen molar-refractivity contribution in [1.82, 2.24) is 4.90 Å². The summed E-state index contributed by atoms with van der Waals surface area (Å²) in [6.45, 7) is 5.77. The molecule has 0 amide bonds. The highest BCUT2D eigenvalue weighted by molar-refractivity contribution is 5.27. The quantitative estimate of drug-likeness (QED) is 0.812. The first-order valence-corrected chi connectivity index (χ1v) is 6.84. The monoisotopic (exact) mass is 249 g/mol. The summed E-state index contributed by atoms with van der Waals surface area (Å²) in [5.74, 6) is 0.952. The molecule has 2 rings (SSSR count). The first-order chi connectivity index (χ1) is 8.74. The van der Waals surface area contributed by atoms with Gasteiger partial charge in [0, 0.05) is 13.1 Å². The summed E-state index contributed by atoms with van der Waals surface area (Å²) >= 11 is 0. The van der Waals surface area contributed by atoms with Gasteiger partial charge in [-0.1, -0.05) is 12.1 Å². The maximum atomic E-state index is 9.57. The Balaban J connectivity index is 1.64. The summed E-state index contributed by atoms with van der Waals surface area (Å²) in [6, 6.07) is 8.15. The Labute approximate surface area is 109 Å². The highest BCUT2D eigenvalue weighted by atomic mass is 16.5. The van der Waals surface area contributed by atoms with Gasteiger partial charge in [-0.25, -0.2) is 0 Å². The molecule has 0 saturated carbocycles. The number of hydrogen-bond acceptors (Lipinski definition) is 3. The summed E-state index contributed by atoms with van der Waals surface area (Å²) in [5, 5.41) is 9.57. The molecule has 0 unspecified atom stereocenters. The SMILES string of the molecule is Cc1cccc(OCCCN2CCC[C@H](O)C2)c1. The summed E-state index contributed by atoms with van der Waals surface area (Å²) in [6.07, 6.45) is 2.95. The van der Waals surface area contributed by atoms with Crippen LogP contribution in [-0.2, 0) is 0 Å². The fourth-order valence-corrected chi connectivity index (χ4v) is 2.42. The minimum atomic E-state index is -0.128. The number of ether oxygens (including phenoxy) is 1. The van der Waals surface area contributed by atoms with Crippen LogP contribution < -0.4 is 4.74 Å². The Morgan fingerprint density at radius 1 is 1.44 bits per heavy atom. The Morgan fingerprint density at radius 2 is 2.33 bits per heavy atom. The van der Waals surface area contributed by atoms with Crippen LogP contribution in [0, 0.1) is 6.92 Å². The zero-order valence-electron chi connectivity index (χ0n) is 11.1. The van der Waals surface area contributed by atoms with Crippen LogP contribution >= 0.6 is 0 Å². The maximum absolute atomic E-state index is 9.57. The van der Waals surface area contributed by atoms with Crippen molar-refractivity contribution in [1.29, 1.82) is 0 Å². The van der Waals surface area contributed by atoms with E-state index < -0.39 is 0 Å². The second kappa shape index (κ2) is 6.76. The third-order valence-electron chi connectivity index (χ3n) is 3.36. The van der Waals surface area contributed by atoms with Crippen molar-refractivity contribution in [2.24, 2.45) is 0 Å². The van der Waals surface area contributed by atoms with Crippen LogP contribution in [0.15, 0.2) is 24.3 Å². The van der Waals surface area contributed by atoms with Gasteiger partial charge in [-0.3, -0.25) is 0 Å². The van der Waals surface area contributed by atoms with Crippen LogP contribution in [-0.4, -0.2) is 42.4 Å². The zero-order chi connectivity index (χ0) is 12.8.